The van der Waals surface area contributed by atoms with Gasteiger partial charge in [0.2, 0.25) is 0 Å². The fraction of sp³-hybridized carbons (Fsp3) is 0.594. The summed E-state index contributed by atoms with van der Waals surface area (Å²) in [6, 6.07) is 0. The highest BCUT2D eigenvalue weighted by molar-refractivity contribution is 7.47. The molecule has 0 heterocycles. The molecule has 0 aliphatic rings. The maximum atomic E-state index is 12.8. The number of rotatable bonds is 50. The van der Waals surface area contributed by atoms with Crippen molar-refractivity contribution in [3.8, 4) is 0 Å². The topological polar surface area (TPSA) is 108 Å². The minimum absolute atomic E-state index is 0.0171. The predicted octanol–water partition coefficient (Wildman–Crippen LogP) is 17.9. The zero-order chi connectivity index (χ0) is 54.2. The van der Waals surface area contributed by atoms with Crippen LogP contribution in [-0.4, -0.2) is 74.9 Å². The number of nitrogens with zero attached hydrogens (tertiary/aromatic N) is 1. The Bertz CT molecular complexity index is 1760. The van der Waals surface area contributed by atoms with Crippen LogP contribution in [0.25, 0.3) is 0 Å². The van der Waals surface area contributed by atoms with Crippen molar-refractivity contribution in [1.29, 1.82) is 0 Å². The third kappa shape index (κ3) is 57.2. The van der Waals surface area contributed by atoms with Gasteiger partial charge in [0.25, 0.3) is 0 Å². The molecule has 10 heteroatoms. The van der Waals surface area contributed by atoms with E-state index in [2.05, 4.69) is 160 Å². The van der Waals surface area contributed by atoms with Gasteiger partial charge in [0.15, 0.2) is 6.10 Å². The van der Waals surface area contributed by atoms with Crippen molar-refractivity contribution in [3.05, 3.63) is 146 Å². The van der Waals surface area contributed by atoms with Crippen molar-refractivity contribution in [2.45, 2.75) is 200 Å². The molecule has 0 saturated carbocycles. The summed E-state index contributed by atoms with van der Waals surface area (Å²) in [5.41, 5.74) is 0. The molecule has 0 bridgehead atoms. The molecule has 0 amide bonds. The summed E-state index contributed by atoms with van der Waals surface area (Å²) < 4.78 is 34.5. The maximum Gasteiger partial charge on any atom is 0.472 e. The van der Waals surface area contributed by atoms with Crippen molar-refractivity contribution in [2.24, 2.45) is 0 Å². The van der Waals surface area contributed by atoms with E-state index in [1.165, 1.54) is 19.3 Å². The number of likely N-dealkylation sites (N-methyl/N-ethyl adjacent to an activating group) is 1. The van der Waals surface area contributed by atoms with Crippen molar-refractivity contribution >= 4 is 19.8 Å². The Morgan fingerprint density at radius 1 is 0.419 bits per heavy atom. The first-order valence-electron chi connectivity index (χ1n) is 28.6. The lowest BCUT2D eigenvalue weighted by Crippen LogP contribution is -2.37. The SMILES string of the molecule is CC/C=C\C/C=C\C/C=C\C/C=C\C/C=C\C/C=C\C/C=C\C/C=C\C/C=C\CCCCCCCC(=O)OC(COC(=O)CCCCCCCCC/C=C\C/C=C\C/C=C\CC)COP(=O)(O)OCC[N+](C)(C)C. The van der Waals surface area contributed by atoms with Gasteiger partial charge >= 0.3 is 19.8 Å². The van der Waals surface area contributed by atoms with E-state index in [9.17, 15) is 19.0 Å². The summed E-state index contributed by atoms with van der Waals surface area (Å²) in [4.78, 5) is 35.6. The molecule has 0 aliphatic carbocycles. The molecule has 418 valence electrons. The number of hydrogen-bond acceptors (Lipinski definition) is 7. The number of phosphoric acid groups is 1. The number of phosphoric ester groups is 1. The fourth-order valence-corrected chi connectivity index (χ4v) is 7.76. The molecule has 0 aromatic rings. The molecule has 0 spiro atoms. The minimum atomic E-state index is -4.40. The molecule has 0 radical (unpaired) electrons. The highest BCUT2D eigenvalue weighted by Crippen LogP contribution is 2.43. The van der Waals surface area contributed by atoms with E-state index >= 15 is 0 Å². The Morgan fingerprint density at radius 3 is 1.08 bits per heavy atom. The summed E-state index contributed by atoms with van der Waals surface area (Å²) in [6.07, 6.45) is 79.1. The second kappa shape index (κ2) is 53.7. The van der Waals surface area contributed by atoms with Crippen molar-refractivity contribution in [3.63, 3.8) is 0 Å². The van der Waals surface area contributed by atoms with Gasteiger partial charge in [0, 0.05) is 12.8 Å². The number of unbranched alkanes of at least 4 members (excludes halogenated alkanes) is 12. The molecule has 0 aromatic carbocycles. The van der Waals surface area contributed by atoms with Gasteiger partial charge in [-0.15, -0.1) is 0 Å². The van der Waals surface area contributed by atoms with E-state index in [1.54, 1.807) is 0 Å². The molecule has 2 atom stereocenters. The first kappa shape index (κ1) is 69.9. The van der Waals surface area contributed by atoms with Gasteiger partial charge in [0.1, 0.15) is 19.8 Å². The molecule has 0 aliphatic heterocycles. The van der Waals surface area contributed by atoms with Crippen LogP contribution in [0.15, 0.2) is 146 Å². The van der Waals surface area contributed by atoms with Crippen molar-refractivity contribution < 1.29 is 42.1 Å². The zero-order valence-corrected chi connectivity index (χ0v) is 48.2. The number of ether oxygens (including phenoxy) is 2. The summed E-state index contributed by atoms with van der Waals surface area (Å²) in [7, 11) is 1.43. The average molecular weight is 1050 g/mol. The van der Waals surface area contributed by atoms with Gasteiger partial charge in [0.05, 0.1) is 27.7 Å². The highest BCUT2D eigenvalue weighted by atomic mass is 31.2. The summed E-state index contributed by atoms with van der Waals surface area (Å²) in [5.74, 6) is -0.844. The van der Waals surface area contributed by atoms with Gasteiger partial charge in [-0.25, -0.2) is 4.57 Å². The van der Waals surface area contributed by atoms with E-state index in [0.29, 0.717) is 17.4 Å². The third-order valence-electron chi connectivity index (χ3n) is 11.4. The van der Waals surface area contributed by atoms with Crippen molar-refractivity contribution in [2.75, 3.05) is 47.5 Å². The Hall–Kier alpha value is -4.11. The summed E-state index contributed by atoms with van der Waals surface area (Å²) >= 11 is 0. The van der Waals surface area contributed by atoms with E-state index in [1.807, 2.05) is 21.1 Å². The molecule has 2 unspecified atom stereocenters. The smallest absolute Gasteiger partial charge is 0.462 e. The second-order valence-corrected chi connectivity index (χ2v) is 21.0. The van der Waals surface area contributed by atoms with Crippen LogP contribution in [0, 0.1) is 0 Å². The first-order chi connectivity index (χ1) is 36.0. The van der Waals surface area contributed by atoms with Crippen LogP contribution < -0.4 is 0 Å². The summed E-state index contributed by atoms with van der Waals surface area (Å²) in [5, 5.41) is 0. The predicted molar refractivity (Wildman–Crippen MR) is 316 cm³/mol. The molecular weight excluding hydrogens is 942 g/mol. The van der Waals surface area contributed by atoms with Gasteiger partial charge in [-0.05, 0) is 116 Å². The number of quaternary nitrogens is 1. The van der Waals surface area contributed by atoms with E-state index in [-0.39, 0.29) is 32.0 Å². The van der Waals surface area contributed by atoms with Gasteiger partial charge in [-0.2, -0.15) is 0 Å². The Balaban J connectivity index is 4.27. The molecule has 0 saturated heterocycles. The fourth-order valence-electron chi connectivity index (χ4n) is 7.02. The molecule has 74 heavy (non-hydrogen) atoms. The molecule has 0 fully saturated rings. The molecular formula is C64H105NO8P+. The number of carbonyl (C=O) groups excluding carboxylic acids is 2. The van der Waals surface area contributed by atoms with E-state index in [4.69, 9.17) is 18.5 Å². The third-order valence-corrected chi connectivity index (χ3v) is 12.3. The van der Waals surface area contributed by atoms with Crippen molar-refractivity contribution in [1.82, 2.24) is 0 Å². The molecule has 9 nitrogen and oxygen atoms in total. The lowest BCUT2D eigenvalue weighted by molar-refractivity contribution is -0.870. The highest BCUT2D eigenvalue weighted by Gasteiger charge is 2.27. The Labute approximate surface area is 453 Å². The van der Waals surface area contributed by atoms with Crippen LogP contribution in [0.3, 0.4) is 0 Å². The van der Waals surface area contributed by atoms with Gasteiger partial charge < -0.3 is 18.9 Å². The minimum Gasteiger partial charge on any atom is -0.462 e. The standard InChI is InChI=1S/C64H104NO8P/c1-6-8-10-12-14-16-18-20-22-24-25-26-27-28-29-30-31-32-33-34-35-36-37-38-39-41-43-45-47-49-51-53-55-57-64(67)73-62(61-72-74(68,69)71-59-58-65(3,4)5)60-70-63(66)56-54-52-50-48-46-44-42-40-23-21-19-17-15-13-11-9-7-2/h8-11,14-17,20-23,25-26,28-29,31-32,34-35,37-38,41,43,62H,6-7,12-13,18-19,24,27,30,33,36,39-40,42,44-61H2,1-5H3/p+1/b10-8-,11-9-,16-14-,17-15-,22-20-,23-21-,26-25-,29-28-,32-31-,35-34-,38-37-,43-41-. The van der Waals surface area contributed by atoms with Gasteiger partial charge in [-0.1, -0.05) is 211 Å². The van der Waals surface area contributed by atoms with Gasteiger partial charge in [-0.3, -0.25) is 18.6 Å². The van der Waals surface area contributed by atoms with E-state index in [0.717, 1.165) is 141 Å². The molecule has 0 rings (SSSR count). The quantitative estimate of drug-likeness (QED) is 0.0211. The first-order valence-corrected chi connectivity index (χ1v) is 30.1. The van der Waals surface area contributed by atoms with Crippen LogP contribution in [0.5, 0.6) is 0 Å². The van der Waals surface area contributed by atoms with Crippen LogP contribution >= 0.6 is 7.82 Å². The zero-order valence-electron chi connectivity index (χ0n) is 47.3. The van der Waals surface area contributed by atoms with Crippen LogP contribution in [-0.2, 0) is 32.7 Å². The summed E-state index contributed by atoms with van der Waals surface area (Å²) in [6.45, 7) is 4.14. The Morgan fingerprint density at radius 2 is 0.730 bits per heavy atom. The maximum absolute atomic E-state index is 12.8. The normalized spacial score (nSPS) is 14.4. The van der Waals surface area contributed by atoms with Crippen LogP contribution in [0.1, 0.15) is 194 Å². The lowest BCUT2D eigenvalue weighted by Gasteiger charge is -2.24. The van der Waals surface area contributed by atoms with Crippen LogP contribution in [0.4, 0.5) is 0 Å². The van der Waals surface area contributed by atoms with E-state index < -0.39 is 26.5 Å². The monoisotopic (exact) mass is 1050 g/mol. The number of carbonyl (C=O) groups is 2. The average Bonchev–Trinajstić information content (AvgIpc) is 3.36. The Kier molecular flexibility index (Phi) is 50.7. The lowest BCUT2D eigenvalue weighted by atomic mass is 10.1. The largest absolute Gasteiger partial charge is 0.472 e. The second-order valence-electron chi connectivity index (χ2n) is 19.6. The molecule has 1 N–H and O–H groups in total. The van der Waals surface area contributed by atoms with Crippen LogP contribution in [0.2, 0.25) is 0 Å². The number of hydrogen-bond donors (Lipinski definition) is 1. The molecule has 0 aromatic heterocycles. The number of allylic oxidation sites excluding steroid dienone is 24. The number of esters is 2.